The van der Waals surface area contributed by atoms with Crippen molar-refractivity contribution < 1.29 is 4.79 Å². The lowest BCUT2D eigenvalue weighted by Crippen LogP contribution is -2.29. The molecule has 0 radical (unpaired) electrons. The van der Waals surface area contributed by atoms with Crippen LogP contribution in [0.2, 0.25) is 5.02 Å². The second-order valence-corrected chi connectivity index (χ2v) is 3.84. The monoisotopic (exact) mass is 238 g/mol. The van der Waals surface area contributed by atoms with Crippen LogP contribution in [-0.2, 0) is 4.79 Å². The molecule has 1 rings (SSSR count). The minimum atomic E-state index is -0.0701. The van der Waals surface area contributed by atoms with Crippen LogP contribution in [0, 0.1) is 6.92 Å². The van der Waals surface area contributed by atoms with Crippen LogP contribution in [0.5, 0.6) is 0 Å². The molecule has 0 aliphatic heterocycles. The molecule has 2 N–H and O–H groups in total. The number of hydrogen-bond acceptors (Lipinski definition) is 2. The quantitative estimate of drug-likeness (QED) is 0.774. The van der Waals surface area contributed by atoms with Crippen molar-refractivity contribution in [3.05, 3.63) is 41.4 Å². The fourth-order valence-corrected chi connectivity index (χ4v) is 1.38. The molecule has 86 valence electrons. The summed E-state index contributed by atoms with van der Waals surface area (Å²) in [5.41, 5.74) is 1.93. The number of carbonyl (C=O) groups excluding carboxylic acids is 1. The summed E-state index contributed by atoms with van der Waals surface area (Å²) in [7, 11) is 0. The first-order chi connectivity index (χ1) is 7.63. The summed E-state index contributed by atoms with van der Waals surface area (Å²) in [5.74, 6) is -0.0701. The zero-order valence-corrected chi connectivity index (χ0v) is 9.97. The van der Waals surface area contributed by atoms with Crippen molar-refractivity contribution in [3.8, 4) is 0 Å². The van der Waals surface area contributed by atoms with E-state index in [1.165, 1.54) is 0 Å². The maximum Gasteiger partial charge on any atom is 0.239 e. The van der Waals surface area contributed by atoms with Gasteiger partial charge in [0.2, 0.25) is 5.91 Å². The van der Waals surface area contributed by atoms with Crippen LogP contribution in [0.1, 0.15) is 5.56 Å². The summed E-state index contributed by atoms with van der Waals surface area (Å²) >= 11 is 5.86. The van der Waals surface area contributed by atoms with Crippen molar-refractivity contribution >= 4 is 23.2 Å². The van der Waals surface area contributed by atoms with E-state index in [-0.39, 0.29) is 12.5 Å². The number of nitrogens with one attached hydrogen (secondary N) is 2. The maximum atomic E-state index is 11.3. The third-order valence-corrected chi connectivity index (χ3v) is 2.32. The number of aryl methyl sites for hydroxylation is 1. The Hall–Kier alpha value is -1.48. The normalized spacial score (nSPS) is 9.62. The van der Waals surface area contributed by atoms with Crippen molar-refractivity contribution in [1.29, 1.82) is 0 Å². The van der Waals surface area contributed by atoms with Gasteiger partial charge in [-0.3, -0.25) is 4.79 Å². The lowest BCUT2D eigenvalue weighted by atomic mass is 10.2. The van der Waals surface area contributed by atoms with Crippen LogP contribution in [0.25, 0.3) is 0 Å². The molecule has 1 amide bonds. The van der Waals surface area contributed by atoms with E-state index in [9.17, 15) is 4.79 Å². The maximum absolute atomic E-state index is 11.3. The van der Waals surface area contributed by atoms with E-state index in [0.717, 1.165) is 11.3 Å². The second kappa shape index (κ2) is 6.18. The molecule has 0 bridgehead atoms. The van der Waals surface area contributed by atoms with Gasteiger partial charge in [-0.05, 0) is 24.6 Å². The average molecular weight is 239 g/mol. The van der Waals surface area contributed by atoms with Crippen molar-refractivity contribution in [1.82, 2.24) is 5.32 Å². The molecule has 1 aromatic rings. The van der Waals surface area contributed by atoms with E-state index >= 15 is 0 Å². The number of benzene rings is 1. The number of anilines is 1. The molecule has 1 aromatic carbocycles. The third kappa shape index (κ3) is 3.95. The van der Waals surface area contributed by atoms with Gasteiger partial charge in [-0.1, -0.05) is 23.7 Å². The molecular formula is C12H15ClN2O. The molecule has 0 heterocycles. The summed E-state index contributed by atoms with van der Waals surface area (Å²) in [4.78, 5) is 11.3. The van der Waals surface area contributed by atoms with E-state index in [1.807, 2.05) is 19.1 Å². The van der Waals surface area contributed by atoms with Gasteiger partial charge in [0.15, 0.2) is 0 Å². The van der Waals surface area contributed by atoms with E-state index in [4.69, 9.17) is 11.6 Å². The van der Waals surface area contributed by atoms with Crippen LogP contribution >= 0.6 is 11.6 Å². The van der Waals surface area contributed by atoms with Gasteiger partial charge in [0.25, 0.3) is 0 Å². The number of rotatable bonds is 5. The first-order valence-corrected chi connectivity index (χ1v) is 5.39. The molecule has 0 aromatic heterocycles. The van der Waals surface area contributed by atoms with Gasteiger partial charge in [0.05, 0.1) is 6.54 Å². The lowest BCUT2D eigenvalue weighted by Gasteiger charge is -2.09. The molecular weight excluding hydrogens is 224 g/mol. The van der Waals surface area contributed by atoms with Gasteiger partial charge in [0, 0.05) is 17.3 Å². The highest BCUT2D eigenvalue weighted by Gasteiger charge is 2.02. The second-order valence-electron chi connectivity index (χ2n) is 3.41. The van der Waals surface area contributed by atoms with Gasteiger partial charge in [0.1, 0.15) is 0 Å². The van der Waals surface area contributed by atoms with Crippen LogP contribution in [0.3, 0.4) is 0 Å². The van der Waals surface area contributed by atoms with Gasteiger partial charge in [-0.2, -0.15) is 0 Å². The minimum Gasteiger partial charge on any atom is -0.376 e. The highest BCUT2D eigenvalue weighted by atomic mass is 35.5. The number of hydrogen-bond donors (Lipinski definition) is 2. The SMILES string of the molecule is C=CCNC(=O)CNc1cc(Cl)ccc1C. The van der Waals surface area contributed by atoms with Crippen LogP contribution < -0.4 is 10.6 Å². The van der Waals surface area contributed by atoms with Crippen molar-refractivity contribution in [2.24, 2.45) is 0 Å². The Morgan fingerprint density at radius 1 is 1.56 bits per heavy atom. The predicted octanol–water partition coefficient (Wildman–Crippen LogP) is 2.36. The lowest BCUT2D eigenvalue weighted by molar-refractivity contribution is -0.119. The van der Waals surface area contributed by atoms with Crippen LogP contribution in [0.4, 0.5) is 5.69 Å². The number of amides is 1. The molecule has 0 spiro atoms. The van der Waals surface area contributed by atoms with Crippen LogP contribution in [-0.4, -0.2) is 19.0 Å². The number of carbonyl (C=O) groups is 1. The van der Waals surface area contributed by atoms with Crippen molar-refractivity contribution in [3.63, 3.8) is 0 Å². The van der Waals surface area contributed by atoms with Gasteiger partial charge in [-0.15, -0.1) is 6.58 Å². The standard InChI is InChI=1S/C12H15ClN2O/c1-3-6-14-12(16)8-15-11-7-10(13)5-4-9(11)2/h3-5,7,15H,1,6,8H2,2H3,(H,14,16). The van der Waals surface area contributed by atoms with E-state index in [2.05, 4.69) is 17.2 Å². The fourth-order valence-electron chi connectivity index (χ4n) is 1.21. The molecule has 3 nitrogen and oxygen atoms in total. The molecule has 0 aliphatic carbocycles. The largest absolute Gasteiger partial charge is 0.376 e. The fraction of sp³-hybridized carbons (Fsp3) is 0.250. The highest BCUT2D eigenvalue weighted by molar-refractivity contribution is 6.30. The Kier molecular flexibility index (Phi) is 4.86. The van der Waals surface area contributed by atoms with Gasteiger partial charge >= 0.3 is 0 Å². The van der Waals surface area contributed by atoms with Gasteiger partial charge in [-0.25, -0.2) is 0 Å². The average Bonchev–Trinajstić information content (AvgIpc) is 2.27. The van der Waals surface area contributed by atoms with Crippen LogP contribution in [0.15, 0.2) is 30.9 Å². The van der Waals surface area contributed by atoms with E-state index in [1.54, 1.807) is 12.1 Å². The topological polar surface area (TPSA) is 41.1 Å². The molecule has 16 heavy (non-hydrogen) atoms. The summed E-state index contributed by atoms with van der Waals surface area (Å²) in [6, 6.07) is 5.53. The molecule has 0 fully saturated rings. The summed E-state index contributed by atoms with van der Waals surface area (Å²) < 4.78 is 0. The molecule has 0 unspecified atom stereocenters. The molecule has 0 saturated carbocycles. The first kappa shape index (κ1) is 12.6. The molecule has 0 saturated heterocycles. The predicted molar refractivity (Wildman–Crippen MR) is 67.9 cm³/mol. The van der Waals surface area contributed by atoms with Crippen molar-refractivity contribution in [2.75, 3.05) is 18.4 Å². The summed E-state index contributed by atoms with van der Waals surface area (Å²) in [6.45, 7) is 6.20. The Morgan fingerprint density at radius 2 is 2.31 bits per heavy atom. The van der Waals surface area contributed by atoms with Crippen molar-refractivity contribution in [2.45, 2.75) is 6.92 Å². The van der Waals surface area contributed by atoms with Gasteiger partial charge < -0.3 is 10.6 Å². The smallest absolute Gasteiger partial charge is 0.239 e. The zero-order valence-electron chi connectivity index (χ0n) is 9.22. The minimum absolute atomic E-state index is 0.0701. The summed E-state index contributed by atoms with van der Waals surface area (Å²) in [6.07, 6.45) is 1.64. The highest BCUT2D eigenvalue weighted by Crippen LogP contribution is 2.19. The zero-order chi connectivity index (χ0) is 12.0. The van der Waals surface area contributed by atoms with E-state index in [0.29, 0.717) is 11.6 Å². The molecule has 4 heteroatoms. The third-order valence-electron chi connectivity index (χ3n) is 2.08. The Balaban J connectivity index is 2.50. The first-order valence-electron chi connectivity index (χ1n) is 5.01. The Bertz CT molecular complexity index is 391. The Labute approximate surface area is 100 Å². The van der Waals surface area contributed by atoms with E-state index < -0.39 is 0 Å². The number of halogens is 1. The molecule has 0 atom stereocenters. The molecule has 0 aliphatic rings. The Morgan fingerprint density at radius 3 is 3.00 bits per heavy atom. The summed E-state index contributed by atoms with van der Waals surface area (Å²) in [5, 5.41) is 6.37.